The molecule has 6 rings (SSSR count). The van der Waals surface area contributed by atoms with Crippen molar-refractivity contribution in [2.45, 2.75) is 77.3 Å². The van der Waals surface area contributed by atoms with Crippen LogP contribution in [0.1, 0.15) is 73.6 Å². The third-order valence-corrected chi connectivity index (χ3v) is 9.59. The molecule has 5 heterocycles. The van der Waals surface area contributed by atoms with Crippen molar-refractivity contribution in [2.24, 2.45) is 0 Å². The van der Waals surface area contributed by atoms with Crippen LogP contribution in [0, 0.1) is 13.8 Å². The van der Waals surface area contributed by atoms with Crippen LogP contribution in [-0.2, 0) is 11.2 Å². The lowest BCUT2D eigenvalue weighted by Gasteiger charge is -2.39. The number of rotatable bonds is 6. The summed E-state index contributed by atoms with van der Waals surface area (Å²) in [6, 6.07) is 8.40. The normalized spacial score (nSPS) is 23.4. The van der Waals surface area contributed by atoms with Gasteiger partial charge in [-0.2, -0.15) is 5.10 Å². The molecule has 0 radical (unpaired) electrons. The number of hydrogen-bond donors (Lipinski definition) is 1. The average Bonchev–Trinajstić information content (AvgIpc) is 3.53. The van der Waals surface area contributed by atoms with E-state index in [1.54, 1.807) is 6.33 Å². The van der Waals surface area contributed by atoms with Crippen LogP contribution in [0.4, 0.5) is 0 Å². The lowest BCUT2D eigenvalue weighted by molar-refractivity contribution is 0.135. The molecule has 2 aliphatic rings. The molecule has 2 aliphatic heterocycles. The van der Waals surface area contributed by atoms with Gasteiger partial charge in [0.2, 0.25) is 0 Å². The second-order valence-corrected chi connectivity index (χ2v) is 12.8. The van der Waals surface area contributed by atoms with Crippen molar-refractivity contribution in [3.8, 4) is 11.3 Å². The van der Waals surface area contributed by atoms with E-state index in [4.69, 9.17) is 0 Å². The Morgan fingerprint density at radius 2 is 1.89 bits per heavy atom. The molecular weight excluding hydrogens is 466 g/mol. The summed E-state index contributed by atoms with van der Waals surface area (Å²) in [6.45, 7) is 9.91. The van der Waals surface area contributed by atoms with E-state index in [9.17, 15) is 4.55 Å². The molecule has 1 aromatic carbocycles. The largest absolute Gasteiger partial charge is 0.617 e. The molecule has 0 saturated carbocycles. The van der Waals surface area contributed by atoms with Crippen LogP contribution < -0.4 is 0 Å². The Bertz CT molecular complexity index is 1410. The third-order valence-electron chi connectivity index (χ3n) is 8.83. The molecule has 7 heteroatoms. The molecule has 190 valence electrons. The Morgan fingerprint density at radius 3 is 2.58 bits per heavy atom. The molecule has 3 aromatic heterocycles. The highest BCUT2D eigenvalue weighted by atomic mass is 32.2. The monoisotopic (exact) mass is 503 g/mol. The van der Waals surface area contributed by atoms with Crippen LogP contribution in [-0.4, -0.2) is 59.7 Å². The maximum absolute atomic E-state index is 11.7. The van der Waals surface area contributed by atoms with Gasteiger partial charge in [-0.05, 0) is 85.8 Å². The highest BCUT2D eigenvalue weighted by Gasteiger charge is 2.41. The zero-order valence-corrected chi connectivity index (χ0v) is 22.9. The van der Waals surface area contributed by atoms with Gasteiger partial charge in [-0.1, -0.05) is 31.1 Å². The van der Waals surface area contributed by atoms with Gasteiger partial charge in [-0.25, -0.2) is 9.50 Å². The van der Waals surface area contributed by atoms with Crippen LogP contribution in [0.2, 0.25) is 0 Å². The fraction of sp³-hybridized carbons (Fsp3) is 0.517. The van der Waals surface area contributed by atoms with E-state index in [1.165, 1.54) is 70.1 Å². The molecule has 2 bridgehead atoms. The molecule has 2 fully saturated rings. The number of pyridine rings is 1. The van der Waals surface area contributed by atoms with Gasteiger partial charge in [0.25, 0.3) is 0 Å². The minimum absolute atomic E-state index is 0.392. The van der Waals surface area contributed by atoms with Crippen molar-refractivity contribution in [1.29, 1.82) is 0 Å². The maximum Gasteiger partial charge on any atom is 0.158 e. The first-order valence-electron chi connectivity index (χ1n) is 13.3. The zero-order valence-electron chi connectivity index (χ0n) is 22.0. The number of aryl methyl sites for hydroxylation is 1. The number of nitrogens with zero attached hydrogens (tertiary/aromatic N) is 4. The summed E-state index contributed by atoms with van der Waals surface area (Å²) < 4.78 is 13.6. The van der Waals surface area contributed by atoms with E-state index in [1.807, 2.05) is 10.8 Å². The van der Waals surface area contributed by atoms with E-state index >= 15 is 0 Å². The topological polar surface area (TPSA) is 72.3 Å². The predicted octanol–water partition coefficient (Wildman–Crippen LogP) is 5.71. The smallest absolute Gasteiger partial charge is 0.158 e. The van der Waals surface area contributed by atoms with Gasteiger partial charge in [-0.15, -0.1) is 0 Å². The van der Waals surface area contributed by atoms with Gasteiger partial charge in [0, 0.05) is 41.3 Å². The van der Waals surface area contributed by atoms with Gasteiger partial charge < -0.3 is 9.54 Å². The number of aromatic amines is 1. The minimum Gasteiger partial charge on any atom is -0.617 e. The highest BCUT2D eigenvalue weighted by Crippen LogP contribution is 2.45. The molecule has 0 aliphatic carbocycles. The fourth-order valence-corrected chi connectivity index (χ4v) is 7.36. The predicted molar refractivity (Wildman–Crippen MR) is 148 cm³/mol. The Labute approximate surface area is 216 Å². The summed E-state index contributed by atoms with van der Waals surface area (Å²) in [7, 11) is 0. The first-order chi connectivity index (χ1) is 17.3. The zero-order chi connectivity index (χ0) is 25.1. The number of nitrogens with one attached hydrogen (secondary N) is 1. The van der Waals surface area contributed by atoms with Crippen molar-refractivity contribution in [3.63, 3.8) is 0 Å². The first kappa shape index (κ1) is 24.0. The summed E-state index contributed by atoms with van der Waals surface area (Å²) in [5.74, 6) is 1.79. The number of H-pyrrole nitrogens is 1. The van der Waals surface area contributed by atoms with Crippen LogP contribution in [0.5, 0.6) is 0 Å². The number of piperidine rings is 1. The van der Waals surface area contributed by atoms with Gasteiger partial charge >= 0.3 is 0 Å². The molecule has 6 nitrogen and oxygen atoms in total. The summed E-state index contributed by atoms with van der Waals surface area (Å²) in [5, 5.41) is 5.78. The van der Waals surface area contributed by atoms with Crippen molar-refractivity contribution in [1.82, 2.24) is 24.5 Å². The summed E-state index contributed by atoms with van der Waals surface area (Å²) in [4.78, 5) is 10.9. The SMILES string of the molecule is Cc1c(-c2[nH]c3ccc(C4CC5CCC(C4)N5CC[S+](C)[O-])cc3c2C(C)C)cn2ncnc2c1C. The summed E-state index contributed by atoms with van der Waals surface area (Å²) in [6.07, 6.45) is 10.6. The van der Waals surface area contributed by atoms with E-state index in [2.05, 4.69) is 72.1 Å². The first-order valence-corrected chi connectivity index (χ1v) is 15.1. The van der Waals surface area contributed by atoms with E-state index in [-0.39, 0.29) is 0 Å². The lowest BCUT2D eigenvalue weighted by atomic mass is 9.84. The summed E-state index contributed by atoms with van der Waals surface area (Å²) in [5.41, 5.74) is 9.83. The van der Waals surface area contributed by atoms with Crippen molar-refractivity contribution < 1.29 is 4.55 Å². The molecule has 36 heavy (non-hydrogen) atoms. The number of aromatic nitrogens is 4. The molecule has 3 atom stereocenters. The Hall–Kier alpha value is -2.35. The van der Waals surface area contributed by atoms with E-state index < -0.39 is 11.2 Å². The summed E-state index contributed by atoms with van der Waals surface area (Å²) >= 11 is -0.714. The number of hydrogen-bond acceptors (Lipinski definition) is 4. The second-order valence-electron chi connectivity index (χ2n) is 11.3. The molecule has 0 spiro atoms. The standard InChI is InChI=1S/C29H37N5OS/c1-17(2)27-24-14-20(21-12-22-7-8-23(13-21)33(22)10-11-36(5)35)6-9-26(24)32-28(27)25-15-34-29(30-16-31-34)19(4)18(25)3/h6,9,14-17,21-23,32H,7-8,10-13H2,1-5H3. The van der Waals surface area contributed by atoms with Gasteiger partial charge in [0.1, 0.15) is 12.1 Å². The highest BCUT2D eigenvalue weighted by molar-refractivity contribution is 7.90. The van der Waals surface area contributed by atoms with Crippen LogP contribution in [0.25, 0.3) is 27.8 Å². The lowest BCUT2D eigenvalue weighted by Crippen LogP contribution is -2.44. The average molecular weight is 504 g/mol. The molecule has 1 N–H and O–H groups in total. The van der Waals surface area contributed by atoms with Crippen molar-refractivity contribution in [2.75, 3.05) is 18.6 Å². The van der Waals surface area contributed by atoms with Crippen molar-refractivity contribution in [3.05, 3.63) is 53.0 Å². The Balaban J connectivity index is 1.37. The molecule has 0 amide bonds. The van der Waals surface area contributed by atoms with Crippen LogP contribution in [0.3, 0.4) is 0 Å². The Kier molecular flexibility index (Phi) is 6.13. The molecule has 3 unspecified atom stereocenters. The number of fused-ring (bicyclic) bond motifs is 4. The van der Waals surface area contributed by atoms with Crippen molar-refractivity contribution >= 4 is 27.7 Å². The quantitative estimate of drug-likeness (QED) is 0.342. The number of benzene rings is 1. The maximum atomic E-state index is 11.7. The molecule has 4 aromatic rings. The second kappa shape index (κ2) is 9.19. The van der Waals surface area contributed by atoms with Gasteiger partial charge in [0.15, 0.2) is 5.65 Å². The minimum atomic E-state index is -0.714. The van der Waals surface area contributed by atoms with Gasteiger partial charge in [0.05, 0.1) is 11.9 Å². The third kappa shape index (κ3) is 3.96. The Morgan fingerprint density at radius 1 is 1.14 bits per heavy atom. The van der Waals surface area contributed by atoms with Crippen LogP contribution in [0.15, 0.2) is 30.7 Å². The van der Waals surface area contributed by atoms with E-state index in [0.29, 0.717) is 23.9 Å². The molecular formula is C29H37N5OS. The van der Waals surface area contributed by atoms with E-state index in [0.717, 1.165) is 17.9 Å². The fourth-order valence-electron chi connectivity index (χ4n) is 6.90. The van der Waals surface area contributed by atoms with Gasteiger partial charge in [-0.3, -0.25) is 4.90 Å². The van der Waals surface area contributed by atoms with Crippen LogP contribution >= 0.6 is 0 Å². The molecule has 2 saturated heterocycles.